The predicted octanol–water partition coefficient (Wildman–Crippen LogP) is 5.62. The zero-order valence-corrected chi connectivity index (χ0v) is 16.3. The second-order valence-corrected chi connectivity index (χ2v) is 8.67. The molecule has 6 heteroatoms. The smallest absolute Gasteiger partial charge is 0.260 e. The van der Waals surface area contributed by atoms with Gasteiger partial charge in [0, 0.05) is 21.6 Å². The number of thioether (sulfide) groups is 1. The molecule has 0 saturated carbocycles. The fourth-order valence-electron chi connectivity index (χ4n) is 2.71. The Labute approximate surface area is 157 Å². The summed E-state index contributed by atoms with van der Waals surface area (Å²) in [5.41, 5.74) is 4.71. The summed E-state index contributed by atoms with van der Waals surface area (Å²) in [7, 11) is 0. The van der Waals surface area contributed by atoms with Crippen molar-refractivity contribution in [2.75, 3.05) is 0 Å². The molecule has 1 N–H and O–H groups in total. The number of aromatic amines is 1. The number of hydrogen-bond acceptors (Lipinski definition) is 5. The molecule has 0 spiro atoms. The lowest BCUT2D eigenvalue weighted by molar-refractivity contribution is 0.979. The van der Waals surface area contributed by atoms with Crippen LogP contribution in [0.1, 0.15) is 16.7 Å². The van der Waals surface area contributed by atoms with E-state index in [1.807, 2.05) is 22.9 Å². The minimum atomic E-state index is -0.0573. The highest BCUT2D eigenvalue weighted by molar-refractivity contribution is 7.98. The van der Waals surface area contributed by atoms with Crippen molar-refractivity contribution in [3.63, 3.8) is 0 Å². The zero-order chi connectivity index (χ0) is 17.4. The van der Waals surface area contributed by atoms with Crippen molar-refractivity contribution in [1.82, 2.24) is 9.97 Å². The lowest BCUT2D eigenvalue weighted by atomic mass is 10.1. The molecule has 0 radical (unpaired) electrons. The van der Waals surface area contributed by atoms with Crippen LogP contribution in [0.25, 0.3) is 20.7 Å². The summed E-state index contributed by atoms with van der Waals surface area (Å²) in [6.45, 7) is 4.21. The van der Waals surface area contributed by atoms with Gasteiger partial charge in [-0.05, 0) is 36.4 Å². The first-order valence-electron chi connectivity index (χ1n) is 7.86. The molecule has 0 bridgehead atoms. The van der Waals surface area contributed by atoms with Crippen molar-refractivity contribution in [2.24, 2.45) is 0 Å². The summed E-state index contributed by atoms with van der Waals surface area (Å²) < 4.78 is 0. The molecular formula is C19H16N2OS3. The van der Waals surface area contributed by atoms with E-state index in [1.165, 1.54) is 28.0 Å². The third-order valence-corrected chi connectivity index (χ3v) is 6.78. The number of benzene rings is 1. The SMILES string of the molecule is Cc1ccc(C)c(CSc2nc3scc(-c4cccs4)c3c(=O)[nH]2)c1. The average molecular weight is 385 g/mol. The number of H-pyrrole nitrogens is 1. The fraction of sp³-hybridized carbons (Fsp3) is 0.158. The van der Waals surface area contributed by atoms with Gasteiger partial charge in [0.2, 0.25) is 0 Å². The predicted molar refractivity (Wildman–Crippen MR) is 109 cm³/mol. The van der Waals surface area contributed by atoms with E-state index in [-0.39, 0.29) is 5.56 Å². The zero-order valence-electron chi connectivity index (χ0n) is 13.8. The van der Waals surface area contributed by atoms with Crippen LogP contribution >= 0.6 is 34.4 Å². The monoisotopic (exact) mass is 384 g/mol. The minimum absolute atomic E-state index is 0.0573. The van der Waals surface area contributed by atoms with E-state index in [4.69, 9.17) is 0 Å². The Kier molecular flexibility index (Phi) is 4.50. The lowest BCUT2D eigenvalue weighted by Crippen LogP contribution is -2.08. The first kappa shape index (κ1) is 16.6. The minimum Gasteiger partial charge on any atom is -0.301 e. The Morgan fingerprint density at radius 2 is 2.08 bits per heavy atom. The Morgan fingerprint density at radius 3 is 2.88 bits per heavy atom. The van der Waals surface area contributed by atoms with E-state index >= 15 is 0 Å². The van der Waals surface area contributed by atoms with E-state index in [9.17, 15) is 4.79 Å². The van der Waals surface area contributed by atoms with E-state index in [0.717, 1.165) is 21.0 Å². The van der Waals surface area contributed by atoms with Crippen LogP contribution in [0, 0.1) is 13.8 Å². The number of rotatable bonds is 4. The summed E-state index contributed by atoms with van der Waals surface area (Å²) in [6, 6.07) is 10.5. The standard InChI is InChI=1S/C19H16N2OS3/c1-11-5-6-12(2)13(8-11)9-25-19-20-17(22)16-14(10-24-18(16)21-19)15-4-3-7-23-15/h3-8,10H,9H2,1-2H3,(H,20,21,22). The van der Waals surface area contributed by atoms with Crippen molar-refractivity contribution < 1.29 is 0 Å². The number of nitrogens with zero attached hydrogens (tertiary/aromatic N) is 1. The highest BCUT2D eigenvalue weighted by atomic mass is 32.2. The van der Waals surface area contributed by atoms with Crippen molar-refractivity contribution in [2.45, 2.75) is 24.8 Å². The van der Waals surface area contributed by atoms with Gasteiger partial charge in [0.15, 0.2) is 5.16 Å². The van der Waals surface area contributed by atoms with Gasteiger partial charge in [-0.25, -0.2) is 4.98 Å². The largest absolute Gasteiger partial charge is 0.301 e. The third-order valence-electron chi connectivity index (χ3n) is 4.08. The molecule has 126 valence electrons. The molecule has 4 rings (SSSR count). The average Bonchev–Trinajstić information content (AvgIpc) is 3.24. The first-order valence-corrected chi connectivity index (χ1v) is 10.6. The van der Waals surface area contributed by atoms with Gasteiger partial charge in [-0.3, -0.25) is 4.79 Å². The van der Waals surface area contributed by atoms with Gasteiger partial charge in [-0.15, -0.1) is 22.7 Å². The summed E-state index contributed by atoms with van der Waals surface area (Å²) >= 11 is 4.74. The number of thiophene rings is 2. The molecule has 0 aliphatic heterocycles. The van der Waals surface area contributed by atoms with Gasteiger partial charge in [-0.1, -0.05) is 41.6 Å². The van der Waals surface area contributed by atoms with Crippen LogP contribution in [0.2, 0.25) is 0 Å². The van der Waals surface area contributed by atoms with E-state index in [2.05, 4.69) is 42.0 Å². The number of aryl methyl sites for hydroxylation is 2. The molecule has 3 nitrogen and oxygen atoms in total. The van der Waals surface area contributed by atoms with Crippen molar-refractivity contribution >= 4 is 44.7 Å². The second-order valence-electron chi connectivity index (χ2n) is 5.90. The summed E-state index contributed by atoms with van der Waals surface area (Å²) in [5.74, 6) is 0.797. The Bertz CT molecular complexity index is 1090. The normalized spacial score (nSPS) is 11.3. The molecule has 1 aromatic carbocycles. The molecule has 0 atom stereocenters. The van der Waals surface area contributed by atoms with Crippen LogP contribution in [-0.2, 0) is 5.75 Å². The third kappa shape index (κ3) is 3.29. The van der Waals surface area contributed by atoms with Gasteiger partial charge in [0.1, 0.15) is 4.83 Å². The first-order chi connectivity index (χ1) is 12.1. The van der Waals surface area contributed by atoms with Crippen LogP contribution in [0.15, 0.2) is 51.0 Å². The lowest BCUT2D eigenvalue weighted by Gasteiger charge is -2.06. The Hall–Kier alpha value is -1.89. The number of hydrogen-bond donors (Lipinski definition) is 1. The molecule has 3 heterocycles. The number of aromatic nitrogens is 2. The highest BCUT2D eigenvalue weighted by Gasteiger charge is 2.14. The molecule has 0 aliphatic carbocycles. The number of nitrogens with one attached hydrogen (secondary N) is 1. The van der Waals surface area contributed by atoms with Gasteiger partial charge in [0.05, 0.1) is 5.39 Å². The van der Waals surface area contributed by atoms with Crippen LogP contribution in [-0.4, -0.2) is 9.97 Å². The summed E-state index contributed by atoms with van der Waals surface area (Å²) in [5, 5.41) is 5.42. The number of fused-ring (bicyclic) bond motifs is 1. The van der Waals surface area contributed by atoms with Crippen molar-refractivity contribution in [3.05, 3.63) is 68.1 Å². The van der Waals surface area contributed by atoms with Crippen molar-refractivity contribution in [3.8, 4) is 10.4 Å². The maximum Gasteiger partial charge on any atom is 0.260 e. The van der Waals surface area contributed by atoms with Crippen molar-refractivity contribution in [1.29, 1.82) is 0 Å². The molecule has 4 aromatic rings. The maximum atomic E-state index is 12.6. The van der Waals surface area contributed by atoms with E-state index in [0.29, 0.717) is 10.5 Å². The second kappa shape index (κ2) is 6.78. The van der Waals surface area contributed by atoms with Crippen LogP contribution < -0.4 is 5.56 Å². The molecular weight excluding hydrogens is 368 g/mol. The van der Waals surface area contributed by atoms with Gasteiger partial charge in [-0.2, -0.15) is 0 Å². The van der Waals surface area contributed by atoms with E-state index < -0.39 is 0 Å². The molecule has 0 amide bonds. The highest BCUT2D eigenvalue weighted by Crippen LogP contribution is 2.34. The molecule has 25 heavy (non-hydrogen) atoms. The van der Waals surface area contributed by atoms with Gasteiger partial charge in [0.25, 0.3) is 5.56 Å². The topological polar surface area (TPSA) is 45.8 Å². The van der Waals surface area contributed by atoms with Gasteiger partial charge < -0.3 is 4.98 Å². The molecule has 0 fully saturated rings. The molecule has 3 aromatic heterocycles. The van der Waals surface area contributed by atoms with Gasteiger partial charge >= 0.3 is 0 Å². The van der Waals surface area contributed by atoms with Crippen LogP contribution in [0.5, 0.6) is 0 Å². The Balaban J connectivity index is 1.66. The van der Waals surface area contributed by atoms with E-state index in [1.54, 1.807) is 23.1 Å². The maximum absolute atomic E-state index is 12.6. The summed E-state index contributed by atoms with van der Waals surface area (Å²) in [6.07, 6.45) is 0. The van der Waals surface area contributed by atoms with Crippen LogP contribution in [0.3, 0.4) is 0 Å². The summed E-state index contributed by atoms with van der Waals surface area (Å²) in [4.78, 5) is 22.1. The molecule has 0 unspecified atom stereocenters. The van der Waals surface area contributed by atoms with Crippen LogP contribution in [0.4, 0.5) is 0 Å². The molecule has 0 saturated heterocycles. The fourth-order valence-corrected chi connectivity index (χ4v) is 5.46. The quantitative estimate of drug-likeness (QED) is 0.367. The Morgan fingerprint density at radius 1 is 1.20 bits per heavy atom. The molecule has 0 aliphatic rings.